The summed E-state index contributed by atoms with van der Waals surface area (Å²) in [5.41, 5.74) is 4.15. The first kappa shape index (κ1) is 16.3. The fourth-order valence-electron chi connectivity index (χ4n) is 3.28. The average molecular weight is 309 g/mol. The Labute approximate surface area is 133 Å². The van der Waals surface area contributed by atoms with Crippen LogP contribution in [0.1, 0.15) is 36.0 Å². The third-order valence-electron chi connectivity index (χ3n) is 4.46. The summed E-state index contributed by atoms with van der Waals surface area (Å²) < 4.78 is 0. The maximum Gasteiger partial charge on any atom is 0.227 e. The second-order valence-corrected chi connectivity index (χ2v) is 5.97. The van der Waals surface area contributed by atoms with Gasteiger partial charge in [0, 0.05) is 19.6 Å². The molecular weight excluding hydrogens is 284 g/mol. The standard InChI is InChI=1S/C17H24N2O.ClH/c20-17(19-10-3-8-18-9-11-19)13-14-6-7-15-4-1-2-5-16(15)12-14;/h6-7,12,18H,1-5,8-11,13H2;1H. The van der Waals surface area contributed by atoms with Crippen molar-refractivity contribution in [1.82, 2.24) is 10.2 Å². The summed E-state index contributed by atoms with van der Waals surface area (Å²) in [6.07, 6.45) is 6.63. The minimum Gasteiger partial charge on any atom is -0.341 e. The lowest BCUT2D eigenvalue weighted by Gasteiger charge is -2.21. The van der Waals surface area contributed by atoms with Gasteiger partial charge >= 0.3 is 0 Å². The summed E-state index contributed by atoms with van der Waals surface area (Å²) in [5, 5.41) is 3.34. The Balaban J connectivity index is 0.00000161. The van der Waals surface area contributed by atoms with Gasteiger partial charge in [-0.05, 0) is 55.3 Å². The quantitative estimate of drug-likeness (QED) is 0.909. The topological polar surface area (TPSA) is 32.3 Å². The molecule has 1 aliphatic heterocycles. The van der Waals surface area contributed by atoms with Gasteiger partial charge in [0.05, 0.1) is 6.42 Å². The van der Waals surface area contributed by atoms with Crippen LogP contribution in [0.2, 0.25) is 0 Å². The van der Waals surface area contributed by atoms with Gasteiger partial charge in [-0.15, -0.1) is 12.4 Å². The van der Waals surface area contributed by atoms with Crippen LogP contribution in [0.15, 0.2) is 18.2 Å². The van der Waals surface area contributed by atoms with E-state index in [4.69, 9.17) is 0 Å². The Hall–Kier alpha value is -1.06. The maximum atomic E-state index is 12.4. The van der Waals surface area contributed by atoms with Gasteiger partial charge in [0.25, 0.3) is 0 Å². The molecule has 0 saturated carbocycles. The van der Waals surface area contributed by atoms with E-state index in [9.17, 15) is 4.79 Å². The molecule has 1 N–H and O–H groups in total. The second kappa shape index (κ2) is 7.81. The SMILES string of the molecule is Cl.O=C(Cc1ccc2c(c1)CCCC2)N1CCCNCC1. The van der Waals surface area contributed by atoms with Gasteiger partial charge in [-0.3, -0.25) is 4.79 Å². The van der Waals surface area contributed by atoms with Crippen molar-refractivity contribution < 1.29 is 4.79 Å². The zero-order valence-electron chi connectivity index (χ0n) is 12.6. The van der Waals surface area contributed by atoms with E-state index in [1.54, 1.807) is 0 Å². The molecule has 3 rings (SSSR count). The molecule has 4 heteroatoms. The van der Waals surface area contributed by atoms with Gasteiger partial charge in [0.1, 0.15) is 0 Å². The number of amides is 1. The van der Waals surface area contributed by atoms with Crippen LogP contribution in [0.5, 0.6) is 0 Å². The van der Waals surface area contributed by atoms with E-state index in [1.807, 2.05) is 4.90 Å². The fourth-order valence-corrected chi connectivity index (χ4v) is 3.28. The molecule has 1 aliphatic carbocycles. The maximum absolute atomic E-state index is 12.4. The Morgan fingerprint density at radius 2 is 1.86 bits per heavy atom. The van der Waals surface area contributed by atoms with Crippen LogP contribution < -0.4 is 5.32 Å². The Kier molecular flexibility index (Phi) is 6.07. The number of carbonyl (C=O) groups excluding carboxylic acids is 1. The lowest BCUT2D eigenvalue weighted by atomic mass is 9.90. The molecule has 0 bridgehead atoms. The monoisotopic (exact) mass is 308 g/mol. The van der Waals surface area contributed by atoms with Crippen molar-refractivity contribution in [2.75, 3.05) is 26.2 Å². The first-order valence-electron chi connectivity index (χ1n) is 7.92. The van der Waals surface area contributed by atoms with Crippen molar-refractivity contribution in [3.8, 4) is 0 Å². The van der Waals surface area contributed by atoms with Gasteiger partial charge in [0.15, 0.2) is 0 Å². The number of nitrogens with one attached hydrogen (secondary N) is 1. The van der Waals surface area contributed by atoms with Crippen LogP contribution in [0, 0.1) is 0 Å². The Morgan fingerprint density at radius 1 is 1.05 bits per heavy atom. The van der Waals surface area contributed by atoms with E-state index in [2.05, 4.69) is 23.5 Å². The molecule has 0 spiro atoms. The van der Waals surface area contributed by atoms with Crippen molar-refractivity contribution in [3.05, 3.63) is 34.9 Å². The minimum absolute atomic E-state index is 0. The summed E-state index contributed by atoms with van der Waals surface area (Å²) in [6, 6.07) is 6.65. The van der Waals surface area contributed by atoms with Crippen LogP contribution in [0.3, 0.4) is 0 Å². The predicted octanol–water partition coefficient (Wildman–Crippen LogP) is 2.35. The summed E-state index contributed by atoms with van der Waals surface area (Å²) in [6.45, 7) is 3.71. The number of benzene rings is 1. The molecule has 1 aromatic rings. The van der Waals surface area contributed by atoms with E-state index in [0.29, 0.717) is 6.42 Å². The fraction of sp³-hybridized carbons (Fsp3) is 0.588. The van der Waals surface area contributed by atoms with E-state index < -0.39 is 0 Å². The molecule has 1 aromatic carbocycles. The zero-order chi connectivity index (χ0) is 13.8. The lowest BCUT2D eigenvalue weighted by Crippen LogP contribution is -2.35. The van der Waals surface area contributed by atoms with Crippen LogP contribution in [0.4, 0.5) is 0 Å². The largest absolute Gasteiger partial charge is 0.341 e. The molecule has 116 valence electrons. The molecule has 21 heavy (non-hydrogen) atoms. The summed E-state index contributed by atoms with van der Waals surface area (Å²) in [4.78, 5) is 14.4. The highest BCUT2D eigenvalue weighted by atomic mass is 35.5. The van der Waals surface area contributed by atoms with E-state index in [-0.39, 0.29) is 18.3 Å². The number of fused-ring (bicyclic) bond motifs is 1. The van der Waals surface area contributed by atoms with Gasteiger partial charge in [-0.25, -0.2) is 0 Å². The minimum atomic E-state index is 0. The average Bonchev–Trinajstić information content (AvgIpc) is 2.76. The second-order valence-electron chi connectivity index (χ2n) is 5.97. The van der Waals surface area contributed by atoms with Crippen LogP contribution in [-0.4, -0.2) is 37.0 Å². The molecule has 1 fully saturated rings. The van der Waals surface area contributed by atoms with Crippen molar-refractivity contribution in [1.29, 1.82) is 0 Å². The first-order valence-corrected chi connectivity index (χ1v) is 7.92. The Bertz CT molecular complexity index is 482. The highest BCUT2D eigenvalue weighted by molar-refractivity contribution is 5.85. The molecule has 2 aliphatic rings. The number of hydrogen-bond acceptors (Lipinski definition) is 2. The number of aryl methyl sites for hydroxylation is 2. The van der Waals surface area contributed by atoms with Gasteiger partial charge in [0.2, 0.25) is 5.91 Å². The number of hydrogen-bond donors (Lipinski definition) is 1. The van der Waals surface area contributed by atoms with Crippen LogP contribution in [0.25, 0.3) is 0 Å². The molecule has 1 saturated heterocycles. The summed E-state index contributed by atoms with van der Waals surface area (Å²) >= 11 is 0. The van der Waals surface area contributed by atoms with Gasteiger partial charge in [-0.2, -0.15) is 0 Å². The Morgan fingerprint density at radius 3 is 2.71 bits per heavy atom. The third-order valence-corrected chi connectivity index (χ3v) is 4.46. The lowest BCUT2D eigenvalue weighted by molar-refractivity contribution is -0.130. The number of nitrogens with zero attached hydrogens (tertiary/aromatic N) is 1. The number of halogens is 1. The van der Waals surface area contributed by atoms with Crippen molar-refractivity contribution >= 4 is 18.3 Å². The van der Waals surface area contributed by atoms with Crippen molar-refractivity contribution in [3.63, 3.8) is 0 Å². The molecule has 0 unspecified atom stereocenters. The number of carbonyl (C=O) groups is 1. The first-order chi connectivity index (χ1) is 9.83. The van der Waals surface area contributed by atoms with Crippen LogP contribution >= 0.6 is 12.4 Å². The molecule has 1 heterocycles. The van der Waals surface area contributed by atoms with Crippen molar-refractivity contribution in [2.45, 2.75) is 38.5 Å². The molecular formula is C17H25ClN2O. The zero-order valence-corrected chi connectivity index (χ0v) is 13.4. The van der Waals surface area contributed by atoms with Crippen LogP contribution in [-0.2, 0) is 24.1 Å². The van der Waals surface area contributed by atoms with E-state index >= 15 is 0 Å². The highest BCUT2D eigenvalue weighted by Gasteiger charge is 2.16. The molecule has 1 amide bonds. The van der Waals surface area contributed by atoms with E-state index in [0.717, 1.165) is 32.6 Å². The van der Waals surface area contributed by atoms with Gasteiger partial charge in [-0.1, -0.05) is 18.2 Å². The number of rotatable bonds is 2. The third kappa shape index (κ3) is 4.21. The normalized spacial score (nSPS) is 18.4. The summed E-state index contributed by atoms with van der Waals surface area (Å²) in [5.74, 6) is 0.282. The van der Waals surface area contributed by atoms with E-state index in [1.165, 1.54) is 42.4 Å². The molecule has 0 radical (unpaired) electrons. The highest BCUT2D eigenvalue weighted by Crippen LogP contribution is 2.22. The van der Waals surface area contributed by atoms with Gasteiger partial charge < -0.3 is 10.2 Å². The smallest absolute Gasteiger partial charge is 0.227 e. The molecule has 3 nitrogen and oxygen atoms in total. The molecule has 0 atom stereocenters. The molecule has 0 aromatic heterocycles. The summed E-state index contributed by atoms with van der Waals surface area (Å²) in [7, 11) is 0. The van der Waals surface area contributed by atoms with Crippen molar-refractivity contribution in [2.24, 2.45) is 0 Å². The predicted molar refractivity (Wildman–Crippen MR) is 88.1 cm³/mol.